The maximum atomic E-state index is 5.63. The molecule has 11 heavy (non-hydrogen) atoms. The van der Waals surface area contributed by atoms with E-state index in [1.165, 1.54) is 32.1 Å². The molecule has 1 rings (SSSR count). The van der Waals surface area contributed by atoms with Crippen LogP contribution in [0.2, 0.25) is 0 Å². The number of rotatable bonds is 0. The molecule has 1 saturated carbocycles. The average Bonchev–Trinajstić information content (AvgIpc) is 2.13. The van der Waals surface area contributed by atoms with Crippen molar-refractivity contribution in [3.8, 4) is 12.8 Å². The fraction of sp³-hybridized carbons (Fsp3) is 0.800. The van der Waals surface area contributed by atoms with E-state index >= 15 is 0 Å². The Bertz CT molecular complexity index is 70.2. The Hall–Kier alpha value is -0.480. The van der Waals surface area contributed by atoms with Gasteiger partial charge in [0.2, 0.25) is 0 Å². The third-order valence-corrected chi connectivity index (χ3v) is 1.65. The summed E-state index contributed by atoms with van der Waals surface area (Å²) in [5.74, 6) is 0. The summed E-state index contributed by atoms with van der Waals surface area (Å²) in [4.78, 5) is 0. The number of hydrogen-bond donors (Lipinski definition) is 1. The maximum absolute atomic E-state index is 5.63. The summed E-state index contributed by atoms with van der Waals surface area (Å²) in [6, 6.07) is 0.536. The van der Waals surface area contributed by atoms with E-state index in [-0.39, 0.29) is 0 Å². The van der Waals surface area contributed by atoms with Crippen molar-refractivity contribution in [3.63, 3.8) is 0 Å². The Kier molecular flexibility index (Phi) is 14.6. The summed E-state index contributed by atoms with van der Waals surface area (Å²) in [7, 11) is 0. The topological polar surface area (TPSA) is 26.0 Å². The third kappa shape index (κ3) is 9.52. The van der Waals surface area contributed by atoms with Crippen LogP contribution in [0.1, 0.15) is 46.0 Å². The van der Waals surface area contributed by atoms with Crippen LogP contribution in [0.5, 0.6) is 0 Å². The van der Waals surface area contributed by atoms with E-state index in [0.29, 0.717) is 6.04 Å². The molecule has 0 unspecified atom stereocenters. The fourth-order valence-electron chi connectivity index (χ4n) is 1.13. The highest BCUT2D eigenvalue weighted by Gasteiger charge is 2.06. The van der Waals surface area contributed by atoms with Gasteiger partial charge in [-0.25, -0.2) is 0 Å². The minimum absolute atomic E-state index is 0.536. The fourth-order valence-corrected chi connectivity index (χ4v) is 1.13. The van der Waals surface area contributed by atoms with E-state index in [9.17, 15) is 0 Å². The Morgan fingerprint density at radius 3 is 1.55 bits per heavy atom. The molecule has 0 heterocycles. The average molecular weight is 155 g/mol. The van der Waals surface area contributed by atoms with Crippen molar-refractivity contribution in [2.45, 2.75) is 52.0 Å². The van der Waals surface area contributed by atoms with E-state index in [2.05, 4.69) is 12.8 Å². The van der Waals surface area contributed by atoms with Crippen LogP contribution < -0.4 is 5.73 Å². The first-order chi connectivity index (χ1) is 5.39. The smallest absolute Gasteiger partial charge is 0.00388 e. The van der Waals surface area contributed by atoms with Gasteiger partial charge in [-0.2, -0.15) is 0 Å². The molecule has 0 aromatic rings. The first-order valence-corrected chi connectivity index (χ1v) is 4.48. The van der Waals surface area contributed by atoms with Crippen molar-refractivity contribution in [1.29, 1.82) is 0 Å². The van der Waals surface area contributed by atoms with E-state index < -0.39 is 0 Å². The summed E-state index contributed by atoms with van der Waals surface area (Å²) < 4.78 is 0. The molecule has 0 saturated heterocycles. The molecule has 1 aliphatic rings. The monoisotopic (exact) mass is 155 g/mol. The van der Waals surface area contributed by atoms with Gasteiger partial charge in [0.1, 0.15) is 0 Å². The number of nitrogens with two attached hydrogens (primary N) is 1. The molecule has 0 aromatic carbocycles. The highest BCUT2D eigenvalue weighted by molar-refractivity contribution is 4.66. The highest BCUT2D eigenvalue weighted by Crippen LogP contribution is 2.14. The molecule has 0 amide bonds. The van der Waals surface area contributed by atoms with Gasteiger partial charge in [0.05, 0.1) is 0 Å². The Morgan fingerprint density at radius 2 is 1.36 bits per heavy atom. The van der Waals surface area contributed by atoms with Crippen LogP contribution in [-0.2, 0) is 0 Å². The van der Waals surface area contributed by atoms with E-state index in [0.717, 1.165) is 0 Å². The molecular formula is C10H21N. The van der Waals surface area contributed by atoms with Crippen LogP contribution in [0.3, 0.4) is 0 Å². The predicted molar refractivity (Wildman–Crippen MR) is 52.3 cm³/mol. The van der Waals surface area contributed by atoms with Gasteiger partial charge in [-0.15, -0.1) is 12.8 Å². The standard InChI is InChI=1S/C6H13N.C2H6.C2H2/c7-6-4-2-1-3-5-6;2*1-2/h6H,1-5,7H2;1-2H3;1-2H. The molecule has 0 aliphatic heterocycles. The van der Waals surface area contributed by atoms with E-state index in [1.54, 1.807) is 0 Å². The van der Waals surface area contributed by atoms with Crippen LogP contribution in [0.4, 0.5) is 0 Å². The van der Waals surface area contributed by atoms with Gasteiger partial charge in [-0.1, -0.05) is 33.1 Å². The molecule has 1 nitrogen and oxygen atoms in total. The Labute approximate surface area is 71.4 Å². The lowest BCUT2D eigenvalue weighted by Gasteiger charge is -2.15. The molecule has 2 N–H and O–H groups in total. The van der Waals surface area contributed by atoms with Crippen LogP contribution >= 0.6 is 0 Å². The summed E-state index contributed by atoms with van der Waals surface area (Å²) in [6.45, 7) is 4.00. The Morgan fingerprint density at radius 1 is 1.00 bits per heavy atom. The van der Waals surface area contributed by atoms with Crippen LogP contribution in [0.15, 0.2) is 0 Å². The van der Waals surface area contributed by atoms with Crippen LogP contribution in [0.25, 0.3) is 0 Å². The molecule has 1 heteroatoms. The number of hydrogen-bond acceptors (Lipinski definition) is 1. The van der Waals surface area contributed by atoms with Gasteiger partial charge in [0.15, 0.2) is 0 Å². The van der Waals surface area contributed by atoms with Gasteiger partial charge in [0.25, 0.3) is 0 Å². The van der Waals surface area contributed by atoms with Gasteiger partial charge in [-0.3, -0.25) is 0 Å². The second-order valence-corrected chi connectivity index (χ2v) is 2.40. The van der Waals surface area contributed by atoms with Gasteiger partial charge >= 0.3 is 0 Å². The van der Waals surface area contributed by atoms with Crippen molar-refractivity contribution in [3.05, 3.63) is 0 Å². The minimum Gasteiger partial charge on any atom is -0.328 e. The highest BCUT2D eigenvalue weighted by atomic mass is 14.6. The summed E-state index contributed by atoms with van der Waals surface area (Å²) in [5.41, 5.74) is 5.63. The Balaban J connectivity index is 0. The quantitative estimate of drug-likeness (QED) is 0.534. The lowest BCUT2D eigenvalue weighted by atomic mass is 9.97. The van der Waals surface area contributed by atoms with E-state index in [4.69, 9.17) is 5.73 Å². The number of terminal acetylenes is 1. The van der Waals surface area contributed by atoms with Crippen molar-refractivity contribution >= 4 is 0 Å². The summed E-state index contributed by atoms with van der Waals surface area (Å²) in [6.07, 6.45) is 14.7. The SMILES string of the molecule is C#C.CC.NC1CCCCC1. The molecular weight excluding hydrogens is 134 g/mol. The lowest BCUT2D eigenvalue weighted by molar-refractivity contribution is 0.441. The predicted octanol–water partition coefficient (Wildman–Crippen LogP) is 2.55. The third-order valence-electron chi connectivity index (χ3n) is 1.65. The maximum Gasteiger partial charge on any atom is 0.00388 e. The summed E-state index contributed by atoms with van der Waals surface area (Å²) >= 11 is 0. The molecule has 1 fully saturated rings. The second-order valence-electron chi connectivity index (χ2n) is 2.40. The molecule has 1 aliphatic carbocycles. The van der Waals surface area contributed by atoms with Gasteiger partial charge in [0, 0.05) is 6.04 Å². The summed E-state index contributed by atoms with van der Waals surface area (Å²) in [5, 5.41) is 0. The first kappa shape index (κ1) is 13.1. The zero-order valence-corrected chi connectivity index (χ0v) is 7.84. The van der Waals surface area contributed by atoms with Crippen molar-refractivity contribution in [2.75, 3.05) is 0 Å². The second kappa shape index (κ2) is 12.2. The normalized spacial score (nSPS) is 16.8. The molecule has 0 aromatic heterocycles. The zero-order chi connectivity index (χ0) is 9.11. The van der Waals surface area contributed by atoms with Gasteiger partial charge in [-0.05, 0) is 12.8 Å². The molecule has 0 radical (unpaired) electrons. The van der Waals surface area contributed by atoms with Crippen molar-refractivity contribution in [2.24, 2.45) is 5.73 Å². The minimum atomic E-state index is 0.536. The van der Waals surface area contributed by atoms with Gasteiger partial charge < -0.3 is 5.73 Å². The van der Waals surface area contributed by atoms with Crippen LogP contribution in [-0.4, -0.2) is 6.04 Å². The largest absolute Gasteiger partial charge is 0.328 e. The first-order valence-electron chi connectivity index (χ1n) is 4.48. The molecule has 0 bridgehead atoms. The van der Waals surface area contributed by atoms with Crippen molar-refractivity contribution < 1.29 is 0 Å². The van der Waals surface area contributed by atoms with Crippen molar-refractivity contribution in [1.82, 2.24) is 0 Å². The molecule has 0 atom stereocenters. The van der Waals surface area contributed by atoms with E-state index in [1.807, 2.05) is 13.8 Å². The lowest BCUT2D eigenvalue weighted by Crippen LogP contribution is -2.22. The molecule has 0 spiro atoms. The molecule has 66 valence electrons. The zero-order valence-electron chi connectivity index (χ0n) is 7.84. The van der Waals surface area contributed by atoms with Crippen LogP contribution in [0, 0.1) is 12.8 Å².